The SMILES string of the molecule is C#CC1CC(=O)N(Cc2ccccc2N2CCCCC2)C1. The van der Waals surface area contributed by atoms with Crippen LogP contribution in [0, 0.1) is 18.3 Å². The van der Waals surface area contributed by atoms with Crippen LogP contribution >= 0.6 is 0 Å². The Labute approximate surface area is 126 Å². The second-order valence-electron chi connectivity index (χ2n) is 6.02. The fourth-order valence-corrected chi connectivity index (χ4v) is 3.33. The standard InChI is InChI=1S/C18H22N2O/c1-2-15-12-18(21)20(13-15)14-16-8-4-5-9-17(16)19-10-6-3-7-11-19/h1,4-5,8-9,15H,3,6-7,10-14H2. The van der Waals surface area contributed by atoms with E-state index in [2.05, 4.69) is 35.1 Å². The highest BCUT2D eigenvalue weighted by Gasteiger charge is 2.29. The van der Waals surface area contributed by atoms with Crippen molar-refractivity contribution in [2.75, 3.05) is 24.5 Å². The summed E-state index contributed by atoms with van der Waals surface area (Å²) in [6.07, 6.45) is 9.81. The van der Waals surface area contributed by atoms with E-state index in [1.165, 1.54) is 30.5 Å². The molecule has 2 aliphatic rings. The molecule has 0 radical (unpaired) electrons. The molecule has 1 unspecified atom stereocenters. The molecule has 0 bridgehead atoms. The van der Waals surface area contributed by atoms with Gasteiger partial charge in [-0.05, 0) is 30.9 Å². The van der Waals surface area contributed by atoms with Gasteiger partial charge in [-0.1, -0.05) is 18.2 Å². The van der Waals surface area contributed by atoms with Gasteiger partial charge in [-0.15, -0.1) is 12.3 Å². The predicted molar refractivity (Wildman–Crippen MR) is 84.9 cm³/mol. The second kappa shape index (κ2) is 6.22. The second-order valence-corrected chi connectivity index (χ2v) is 6.02. The summed E-state index contributed by atoms with van der Waals surface area (Å²) in [6.45, 7) is 3.63. The van der Waals surface area contributed by atoms with Crippen molar-refractivity contribution in [3.8, 4) is 12.3 Å². The molecule has 1 atom stereocenters. The number of anilines is 1. The summed E-state index contributed by atoms with van der Waals surface area (Å²) < 4.78 is 0. The highest BCUT2D eigenvalue weighted by atomic mass is 16.2. The topological polar surface area (TPSA) is 23.6 Å². The van der Waals surface area contributed by atoms with Gasteiger partial charge >= 0.3 is 0 Å². The molecule has 1 aromatic rings. The van der Waals surface area contributed by atoms with E-state index in [1.54, 1.807) is 0 Å². The van der Waals surface area contributed by atoms with E-state index >= 15 is 0 Å². The molecule has 0 N–H and O–H groups in total. The zero-order valence-electron chi connectivity index (χ0n) is 12.4. The summed E-state index contributed by atoms with van der Waals surface area (Å²) in [5.74, 6) is 2.98. The number of likely N-dealkylation sites (tertiary alicyclic amines) is 1. The predicted octanol–water partition coefficient (Wildman–Crippen LogP) is 2.66. The minimum atomic E-state index is 0.0830. The number of piperidine rings is 1. The first-order chi connectivity index (χ1) is 10.3. The minimum absolute atomic E-state index is 0.0830. The molecular formula is C18H22N2O. The van der Waals surface area contributed by atoms with Gasteiger partial charge in [0, 0.05) is 44.2 Å². The Hall–Kier alpha value is -1.95. The summed E-state index contributed by atoms with van der Waals surface area (Å²) >= 11 is 0. The van der Waals surface area contributed by atoms with Gasteiger partial charge in [-0.2, -0.15) is 0 Å². The number of rotatable bonds is 3. The van der Waals surface area contributed by atoms with Crippen molar-refractivity contribution in [3.05, 3.63) is 29.8 Å². The molecule has 1 aromatic carbocycles. The molecule has 110 valence electrons. The van der Waals surface area contributed by atoms with Gasteiger partial charge in [0.2, 0.25) is 5.91 Å². The van der Waals surface area contributed by atoms with Crippen molar-refractivity contribution in [1.29, 1.82) is 0 Å². The number of terminal acetylenes is 1. The molecule has 0 saturated carbocycles. The lowest BCUT2D eigenvalue weighted by Crippen LogP contribution is -2.31. The average Bonchev–Trinajstić information content (AvgIpc) is 2.89. The van der Waals surface area contributed by atoms with Crippen LogP contribution in [0.4, 0.5) is 5.69 Å². The summed E-state index contributed by atoms with van der Waals surface area (Å²) in [6, 6.07) is 8.46. The molecule has 2 fully saturated rings. The van der Waals surface area contributed by atoms with Crippen molar-refractivity contribution in [2.24, 2.45) is 5.92 Å². The summed E-state index contributed by atoms with van der Waals surface area (Å²) in [4.78, 5) is 16.4. The first kappa shape index (κ1) is 14.0. The number of hydrogen-bond donors (Lipinski definition) is 0. The number of benzene rings is 1. The van der Waals surface area contributed by atoms with Gasteiger partial charge in [0.15, 0.2) is 0 Å². The quantitative estimate of drug-likeness (QED) is 0.796. The summed E-state index contributed by atoms with van der Waals surface area (Å²) in [5, 5.41) is 0. The fourth-order valence-electron chi connectivity index (χ4n) is 3.33. The van der Waals surface area contributed by atoms with E-state index in [1.807, 2.05) is 4.90 Å². The Morgan fingerprint density at radius 3 is 2.67 bits per heavy atom. The van der Waals surface area contributed by atoms with Crippen LogP contribution in [-0.2, 0) is 11.3 Å². The molecule has 2 heterocycles. The molecule has 3 heteroatoms. The van der Waals surface area contributed by atoms with Gasteiger partial charge in [-0.3, -0.25) is 4.79 Å². The number of nitrogens with zero attached hydrogens (tertiary/aromatic N) is 2. The van der Waals surface area contributed by atoms with Crippen LogP contribution in [0.15, 0.2) is 24.3 Å². The van der Waals surface area contributed by atoms with Crippen LogP contribution < -0.4 is 4.90 Å². The fraction of sp³-hybridized carbons (Fsp3) is 0.500. The lowest BCUT2D eigenvalue weighted by Gasteiger charge is -2.31. The number of hydrogen-bond acceptors (Lipinski definition) is 2. The number of carbonyl (C=O) groups excluding carboxylic acids is 1. The molecule has 2 aliphatic heterocycles. The van der Waals surface area contributed by atoms with Crippen LogP contribution in [0.2, 0.25) is 0 Å². The van der Waals surface area contributed by atoms with E-state index in [-0.39, 0.29) is 11.8 Å². The normalized spacial score (nSPS) is 22.4. The van der Waals surface area contributed by atoms with Gasteiger partial charge in [0.05, 0.1) is 0 Å². The summed E-state index contributed by atoms with van der Waals surface area (Å²) in [7, 11) is 0. The largest absolute Gasteiger partial charge is 0.371 e. The Balaban J connectivity index is 1.76. The molecule has 0 aromatic heterocycles. The van der Waals surface area contributed by atoms with Crippen LogP contribution in [0.3, 0.4) is 0 Å². The van der Waals surface area contributed by atoms with Crippen LogP contribution in [0.1, 0.15) is 31.2 Å². The lowest BCUT2D eigenvalue weighted by atomic mass is 10.1. The third kappa shape index (κ3) is 3.05. The van der Waals surface area contributed by atoms with Crippen LogP contribution in [0.5, 0.6) is 0 Å². The van der Waals surface area contributed by atoms with Crippen molar-refractivity contribution in [3.63, 3.8) is 0 Å². The van der Waals surface area contributed by atoms with Crippen molar-refractivity contribution in [2.45, 2.75) is 32.2 Å². The number of carbonyl (C=O) groups is 1. The Bertz CT molecular complexity index is 555. The molecule has 3 rings (SSSR count). The number of para-hydroxylation sites is 1. The third-order valence-corrected chi connectivity index (χ3v) is 4.50. The van der Waals surface area contributed by atoms with Gasteiger partial charge in [0.1, 0.15) is 0 Å². The molecule has 2 saturated heterocycles. The van der Waals surface area contributed by atoms with E-state index < -0.39 is 0 Å². The van der Waals surface area contributed by atoms with Crippen molar-refractivity contribution < 1.29 is 4.79 Å². The smallest absolute Gasteiger partial charge is 0.224 e. The zero-order valence-corrected chi connectivity index (χ0v) is 12.4. The zero-order chi connectivity index (χ0) is 14.7. The van der Waals surface area contributed by atoms with E-state index in [9.17, 15) is 4.79 Å². The molecule has 3 nitrogen and oxygen atoms in total. The maximum absolute atomic E-state index is 12.1. The molecule has 0 aliphatic carbocycles. The molecular weight excluding hydrogens is 260 g/mol. The lowest BCUT2D eigenvalue weighted by molar-refractivity contribution is -0.128. The van der Waals surface area contributed by atoms with Gasteiger partial charge in [0.25, 0.3) is 0 Å². The monoisotopic (exact) mass is 282 g/mol. The van der Waals surface area contributed by atoms with Gasteiger partial charge in [-0.25, -0.2) is 0 Å². The van der Waals surface area contributed by atoms with Crippen molar-refractivity contribution in [1.82, 2.24) is 4.90 Å². The van der Waals surface area contributed by atoms with Crippen LogP contribution in [0.25, 0.3) is 0 Å². The third-order valence-electron chi connectivity index (χ3n) is 4.50. The minimum Gasteiger partial charge on any atom is -0.371 e. The van der Waals surface area contributed by atoms with E-state index in [0.717, 1.165) is 13.1 Å². The van der Waals surface area contributed by atoms with E-state index in [0.29, 0.717) is 19.5 Å². The van der Waals surface area contributed by atoms with Crippen LogP contribution in [-0.4, -0.2) is 30.4 Å². The Morgan fingerprint density at radius 1 is 1.19 bits per heavy atom. The van der Waals surface area contributed by atoms with Crippen molar-refractivity contribution >= 4 is 11.6 Å². The Morgan fingerprint density at radius 2 is 1.95 bits per heavy atom. The Kier molecular flexibility index (Phi) is 4.15. The average molecular weight is 282 g/mol. The molecule has 0 spiro atoms. The number of amides is 1. The summed E-state index contributed by atoms with van der Waals surface area (Å²) in [5.41, 5.74) is 2.53. The molecule has 21 heavy (non-hydrogen) atoms. The molecule has 1 amide bonds. The maximum Gasteiger partial charge on any atom is 0.224 e. The first-order valence-electron chi connectivity index (χ1n) is 7.84. The maximum atomic E-state index is 12.1. The van der Waals surface area contributed by atoms with E-state index in [4.69, 9.17) is 6.42 Å². The van der Waals surface area contributed by atoms with Gasteiger partial charge < -0.3 is 9.80 Å². The first-order valence-corrected chi connectivity index (χ1v) is 7.84. The highest BCUT2D eigenvalue weighted by molar-refractivity contribution is 5.79. The highest BCUT2D eigenvalue weighted by Crippen LogP contribution is 2.27.